The highest BCUT2D eigenvalue weighted by Crippen LogP contribution is 2.24. The van der Waals surface area contributed by atoms with E-state index in [1.54, 1.807) is 0 Å². The molecule has 1 aliphatic heterocycles. The molecule has 0 N–H and O–H groups in total. The van der Waals surface area contributed by atoms with E-state index < -0.39 is 0 Å². The lowest BCUT2D eigenvalue weighted by molar-refractivity contribution is -0.145. The average Bonchev–Trinajstić information content (AvgIpc) is 2.52. The summed E-state index contributed by atoms with van der Waals surface area (Å²) in [6, 6.07) is 0. The van der Waals surface area contributed by atoms with Gasteiger partial charge in [0.25, 0.3) is 0 Å². The summed E-state index contributed by atoms with van der Waals surface area (Å²) < 4.78 is 10.9. The van der Waals surface area contributed by atoms with Gasteiger partial charge in [0.05, 0.1) is 13.2 Å². The molecule has 0 aromatic heterocycles. The molecule has 0 unspecified atom stereocenters. The molecular formula is C11H16O2. The minimum atomic E-state index is -0.384. The van der Waals surface area contributed by atoms with Gasteiger partial charge in [0.2, 0.25) is 0 Å². The summed E-state index contributed by atoms with van der Waals surface area (Å²) in [5.41, 5.74) is 0.974. The van der Waals surface area contributed by atoms with Crippen LogP contribution in [0.1, 0.15) is 26.7 Å². The molecule has 0 bridgehead atoms. The number of rotatable bonds is 3. The molecule has 0 aliphatic carbocycles. The fraction of sp³-hybridized carbons (Fsp3) is 0.636. The molecule has 0 saturated carbocycles. The van der Waals surface area contributed by atoms with Gasteiger partial charge in [0, 0.05) is 6.42 Å². The summed E-state index contributed by atoms with van der Waals surface area (Å²) >= 11 is 0. The van der Waals surface area contributed by atoms with Gasteiger partial charge in [0.15, 0.2) is 5.79 Å². The van der Waals surface area contributed by atoms with Crippen LogP contribution >= 0.6 is 0 Å². The van der Waals surface area contributed by atoms with E-state index in [4.69, 9.17) is 15.9 Å². The largest absolute Gasteiger partial charge is 0.348 e. The lowest BCUT2D eigenvalue weighted by Gasteiger charge is -2.21. The molecule has 1 aliphatic rings. The van der Waals surface area contributed by atoms with Crippen molar-refractivity contribution in [3.63, 3.8) is 0 Å². The maximum absolute atomic E-state index is 5.45. The second-order valence-corrected chi connectivity index (χ2v) is 3.40. The number of hydrogen-bond donors (Lipinski definition) is 0. The highest BCUT2D eigenvalue weighted by Gasteiger charge is 2.29. The lowest BCUT2D eigenvalue weighted by atomic mass is 10.1. The van der Waals surface area contributed by atoms with Crippen molar-refractivity contribution in [1.82, 2.24) is 0 Å². The van der Waals surface area contributed by atoms with E-state index in [0.717, 1.165) is 18.4 Å². The van der Waals surface area contributed by atoms with E-state index >= 15 is 0 Å². The van der Waals surface area contributed by atoms with Crippen LogP contribution in [0.25, 0.3) is 0 Å². The summed E-state index contributed by atoms with van der Waals surface area (Å²) in [5.74, 6) is 2.20. The summed E-state index contributed by atoms with van der Waals surface area (Å²) in [5, 5.41) is 0. The minimum Gasteiger partial charge on any atom is -0.348 e. The molecule has 13 heavy (non-hydrogen) atoms. The van der Waals surface area contributed by atoms with E-state index in [0.29, 0.717) is 13.2 Å². The first kappa shape index (κ1) is 10.3. The number of hydrogen-bond acceptors (Lipinski definition) is 2. The quantitative estimate of drug-likeness (QED) is 0.619. The zero-order valence-corrected chi connectivity index (χ0v) is 8.30. The van der Waals surface area contributed by atoms with Crippen LogP contribution in [0.4, 0.5) is 0 Å². The molecule has 1 fully saturated rings. The van der Waals surface area contributed by atoms with Crippen molar-refractivity contribution in [1.29, 1.82) is 0 Å². The Morgan fingerprint density at radius 3 is 2.69 bits per heavy atom. The Labute approximate surface area is 79.9 Å². The molecule has 1 rings (SSSR count). The molecule has 0 aromatic carbocycles. The van der Waals surface area contributed by atoms with Gasteiger partial charge in [-0.2, -0.15) is 0 Å². The Bertz CT molecular complexity index is 229. The Balaban J connectivity index is 2.30. The van der Waals surface area contributed by atoms with Crippen LogP contribution in [0.15, 0.2) is 11.6 Å². The van der Waals surface area contributed by atoms with Gasteiger partial charge in [0.1, 0.15) is 0 Å². The lowest BCUT2D eigenvalue weighted by Crippen LogP contribution is -2.24. The molecule has 1 saturated heterocycles. The fourth-order valence-corrected chi connectivity index (χ4v) is 1.31. The minimum absolute atomic E-state index is 0.384. The van der Waals surface area contributed by atoms with E-state index in [9.17, 15) is 0 Å². The fourth-order valence-electron chi connectivity index (χ4n) is 1.31. The van der Waals surface area contributed by atoms with Crippen LogP contribution < -0.4 is 0 Å². The summed E-state index contributed by atoms with van der Waals surface area (Å²) in [6.07, 6.45) is 9.03. The van der Waals surface area contributed by atoms with E-state index in [1.165, 1.54) is 0 Å². The Morgan fingerprint density at radius 2 is 2.15 bits per heavy atom. The van der Waals surface area contributed by atoms with Gasteiger partial charge in [-0.1, -0.05) is 12.0 Å². The Kier molecular flexibility index (Phi) is 3.53. The maximum Gasteiger partial charge on any atom is 0.166 e. The standard InChI is InChI=1S/C11H16O2/c1-4-10(2)6-5-7-11(3)12-8-9-13-11/h1,6H,5,7-9H2,2-3H3/b10-6-. The molecule has 0 atom stereocenters. The molecule has 2 nitrogen and oxygen atoms in total. The first-order chi connectivity index (χ1) is 6.16. The Morgan fingerprint density at radius 1 is 1.54 bits per heavy atom. The van der Waals surface area contributed by atoms with E-state index in [-0.39, 0.29) is 5.79 Å². The molecule has 2 heteroatoms. The third-order valence-corrected chi connectivity index (χ3v) is 2.17. The topological polar surface area (TPSA) is 18.5 Å². The predicted octanol–water partition coefficient (Wildman–Crippen LogP) is 2.11. The van der Waals surface area contributed by atoms with Crippen LogP contribution in [0.3, 0.4) is 0 Å². The van der Waals surface area contributed by atoms with Gasteiger partial charge < -0.3 is 9.47 Å². The van der Waals surface area contributed by atoms with Gasteiger partial charge >= 0.3 is 0 Å². The number of ether oxygens (including phenoxy) is 2. The van der Waals surface area contributed by atoms with Crippen molar-refractivity contribution in [2.45, 2.75) is 32.5 Å². The number of allylic oxidation sites excluding steroid dienone is 2. The smallest absolute Gasteiger partial charge is 0.166 e. The van der Waals surface area contributed by atoms with Crippen LogP contribution in [-0.4, -0.2) is 19.0 Å². The van der Waals surface area contributed by atoms with Crippen molar-refractivity contribution >= 4 is 0 Å². The molecular weight excluding hydrogens is 164 g/mol. The average molecular weight is 180 g/mol. The number of terminal acetylenes is 1. The third kappa shape index (κ3) is 3.22. The molecule has 0 amide bonds. The zero-order chi connectivity index (χ0) is 9.73. The molecule has 0 radical (unpaired) electrons. The first-order valence-corrected chi connectivity index (χ1v) is 4.57. The van der Waals surface area contributed by atoms with Crippen LogP contribution in [-0.2, 0) is 9.47 Å². The van der Waals surface area contributed by atoms with Crippen molar-refractivity contribution in [3.8, 4) is 12.3 Å². The third-order valence-electron chi connectivity index (χ3n) is 2.17. The molecule has 0 aromatic rings. The van der Waals surface area contributed by atoms with Gasteiger partial charge in [-0.15, -0.1) is 6.42 Å². The second-order valence-electron chi connectivity index (χ2n) is 3.40. The van der Waals surface area contributed by atoms with Crippen molar-refractivity contribution in [3.05, 3.63) is 11.6 Å². The van der Waals surface area contributed by atoms with Gasteiger partial charge in [-0.3, -0.25) is 0 Å². The monoisotopic (exact) mass is 180 g/mol. The van der Waals surface area contributed by atoms with E-state index in [2.05, 4.69) is 5.92 Å². The molecule has 1 heterocycles. The SMILES string of the molecule is C#C/C(C)=C\CCC1(C)OCCO1. The summed E-state index contributed by atoms with van der Waals surface area (Å²) in [6.45, 7) is 5.31. The normalized spacial score (nSPS) is 21.5. The van der Waals surface area contributed by atoms with Crippen molar-refractivity contribution < 1.29 is 9.47 Å². The predicted molar refractivity (Wildman–Crippen MR) is 52.1 cm³/mol. The highest BCUT2D eigenvalue weighted by atomic mass is 16.7. The van der Waals surface area contributed by atoms with Crippen molar-refractivity contribution in [2.24, 2.45) is 0 Å². The van der Waals surface area contributed by atoms with Crippen LogP contribution in [0.2, 0.25) is 0 Å². The molecule has 72 valence electrons. The van der Waals surface area contributed by atoms with Crippen LogP contribution in [0.5, 0.6) is 0 Å². The first-order valence-electron chi connectivity index (χ1n) is 4.57. The highest BCUT2D eigenvalue weighted by molar-refractivity contribution is 5.22. The zero-order valence-electron chi connectivity index (χ0n) is 8.30. The van der Waals surface area contributed by atoms with E-state index in [1.807, 2.05) is 19.9 Å². The maximum atomic E-state index is 5.45. The van der Waals surface area contributed by atoms with Crippen molar-refractivity contribution in [2.75, 3.05) is 13.2 Å². The molecule has 0 spiro atoms. The van der Waals surface area contributed by atoms with Crippen LogP contribution in [0, 0.1) is 12.3 Å². The van der Waals surface area contributed by atoms with Gasteiger partial charge in [-0.05, 0) is 25.8 Å². The summed E-state index contributed by atoms with van der Waals surface area (Å²) in [4.78, 5) is 0. The second kappa shape index (κ2) is 4.45. The Hall–Kier alpha value is -0.780. The van der Waals surface area contributed by atoms with Gasteiger partial charge in [-0.25, -0.2) is 0 Å². The summed E-state index contributed by atoms with van der Waals surface area (Å²) in [7, 11) is 0.